The summed E-state index contributed by atoms with van der Waals surface area (Å²) in [6, 6.07) is 8.64. The van der Waals surface area contributed by atoms with Crippen molar-refractivity contribution in [2.45, 2.75) is 57.3 Å². The van der Waals surface area contributed by atoms with Gasteiger partial charge in [0.15, 0.2) is 0 Å². The van der Waals surface area contributed by atoms with E-state index in [0.29, 0.717) is 17.4 Å². The molecular formula is C37H32F3N7O5. The molecule has 5 amide bonds. The van der Waals surface area contributed by atoms with Gasteiger partial charge >= 0.3 is 6.18 Å². The third-order valence-electron chi connectivity index (χ3n) is 10.4. The molecule has 3 fully saturated rings. The lowest BCUT2D eigenvalue weighted by Crippen LogP contribution is -2.54. The first kappa shape index (κ1) is 34.5. The highest BCUT2D eigenvalue weighted by molar-refractivity contribution is 6.23. The molecule has 52 heavy (non-hydrogen) atoms. The molecule has 15 heteroatoms. The average Bonchev–Trinajstić information content (AvgIpc) is 3.87. The van der Waals surface area contributed by atoms with Crippen LogP contribution in [0, 0.1) is 40.9 Å². The van der Waals surface area contributed by atoms with Crippen molar-refractivity contribution in [1.29, 1.82) is 5.26 Å². The number of nitrogens with zero attached hydrogens (tertiary/aromatic N) is 5. The molecule has 1 saturated carbocycles. The predicted molar refractivity (Wildman–Crippen MR) is 178 cm³/mol. The van der Waals surface area contributed by atoms with E-state index in [9.17, 15) is 37.1 Å². The van der Waals surface area contributed by atoms with Crippen LogP contribution in [0.2, 0.25) is 0 Å². The lowest BCUT2D eigenvalue weighted by molar-refractivity contribution is -0.138. The molecule has 3 aliphatic heterocycles. The first-order chi connectivity index (χ1) is 24.6. The monoisotopic (exact) mass is 711 g/mol. The number of hydrogen-bond donors (Lipinski definition) is 2. The molecule has 0 radical (unpaired) electrons. The topological polar surface area (TPSA) is 158 Å². The van der Waals surface area contributed by atoms with Crippen LogP contribution in [0.5, 0.6) is 0 Å². The summed E-state index contributed by atoms with van der Waals surface area (Å²) in [4.78, 5) is 66.6. The van der Waals surface area contributed by atoms with E-state index in [1.165, 1.54) is 23.0 Å². The van der Waals surface area contributed by atoms with E-state index in [2.05, 4.69) is 32.5 Å². The van der Waals surface area contributed by atoms with Crippen molar-refractivity contribution in [3.63, 3.8) is 0 Å². The normalized spacial score (nSPS) is 22.8. The number of imide groups is 2. The number of halogens is 3. The molecule has 3 atom stereocenters. The van der Waals surface area contributed by atoms with Crippen LogP contribution in [-0.2, 0) is 26.1 Å². The number of alkyl halides is 3. The van der Waals surface area contributed by atoms with Crippen molar-refractivity contribution in [2.75, 3.05) is 23.3 Å². The number of aromatic nitrogens is 2. The number of rotatable bonds is 5. The Morgan fingerprint density at radius 1 is 1.00 bits per heavy atom. The SMILES string of the molecule is CC(C)(C(=O)Nc1ccc(C#N)c(C(F)(F)F)c1)n1cc(C#CC2CC3CN(c4ccc5c(c4)C(=O)N(C4CCC(=O)NC4=O)C5=O)CC3C2)cn1. The van der Waals surface area contributed by atoms with E-state index in [1.807, 2.05) is 6.07 Å². The fourth-order valence-corrected chi connectivity index (χ4v) is 7.50. The standard InChI is InChI=1S/C37H32F3N7O5/c1-36(2,35(52)43-25-6-5-22(15-41)29(13-25)37(38,39)40)46-17-21(16-42-46)4-3-20-11-23-18-45(19-24(23)12-20)26-7-8-27-28(14-26)34(51)47(33(27)50)30-9-10-31(48)44-32(30)49/h5-8,13-14,16-17,20,23-24,30H,9-12,18-19H2,1-2H3,(H,43,52)(H,44,48,49). The molecule has 266 valence electrons. The van der Waals surface area contributed by atoms with Crippen molar-refractivity contribution in [3.05, 3.63) is 76.6 Å². The summed E-state index contributed by atoms with van der Waals surface area (Å²) in [5.74, 6) is 4.62. The Bertz CT molecular complexity index is 2140. The number of anilines is 2. The highest BCUT2D eigenvalue weighted by Crippen LogP contribution is 2.43. The van der Waals surface area contributed by atoms with Gasteiger partial charge in [-0.2, -0.15) is 23.5 Å². The number of nitrogens with one attached hydrogen (secondary N) is 2. The first-order valence-corrected chi connectivity index (χ1v) is 16.7. The van der Waals surface area contributed by atoms with Gasteiger partial charge in [0, 0.05) is 43.0 Å². The molecular weight excluding hydrogens is 679 g/mol. The number of amides is 5. The summed E-state index contributed by atoms with van der Waals surface area (Å²) in [7, 11) is 0. The largest absolute Gasteiger partial charge is 0.417 e. The molecule has 3 unspecified atom stereocenters. The second-order valence-electron chi connectivity index (χ2n) is 14.1. The average molecular weight is 712 g/mol. The Morgan fingerprint density at radius 2 is 1.71 bits per heavy atom. The molecule has 4 heterocycles. The zero-order valence-electron chi connectivity index (χ0n) is 28.1. The summed E-state index contributed by atoms with van der Waals surface area (Å²) >= 11 is 0. The molecule has 4 aliphatic rings. The summed E-state index contributed by atoms with van der Waals surface area (Å²) in [5, 5.41) is 18.0. The number of fused-ring (bicyclic) bond motifs is 2. The smallest absolute Gasteiger partial charge is 0.371 e. The molecule has 2 saturated heterocycles. The van der Waals surface area contributed by atoms with E-state index < -0.39 is 58.4 Å². The van der Waals surface area contributed by atoms with Crippen LogP contribution in [0.4, 0.5) is 24.5 Å². The second-order valence-corrected chi connectivity index (χ2v) is 14.1. The van der Waals surface area contributed by atoms with Crippen molar-refractivity contribution >= 4 is 40.9 Å². The third-order valence-corrected chi connectivity index (χ3v) is 10.4. The van der Waals surface area contributed by atoms with Gasteiger partial charge in [0.1, 0.15) is 11.6 Å². The number of carbonyl (C=O) groups excluding carboxylic acids is 5. The van der Waals surface area contributed by atoms with Crippen LogP contribution < -0.4 is 15.5 Å². The van der Waals surface area contributed by atoms with Crippen molar-refractivity contribution < 1.29 is 37.1 Å². The molecule has 1 aliphatic carbocycles. The minimum atomic E-state index is -4.76. The Labute approximate surface area is 295 Å². The van der Waals surface area contributed by atoms with Gasteiger partial charge in [-0.1, -0.05) is 11.8 Å². The molecule has 0 bridgehead atoms. The highest BCUT2D eigenvalue weighted by Gasteiger charge is 2.46. The zero-order valence-corrected chi connectivity index (χ0v) is 28.1. The number of nitriles is 1. The fraction of sp³-hybridized carbons (Fsp3) is 0.378. The molecule has 2 aromatic carbocycles. The fourth-order valence-electron chi connectivity index (χ4n) is 7.50. The quantitative estimate of drug-likeness (QED) is 0.297. The number of piperidine rings is 1. The van der Waals surface area contributed by atoms with Gasteiger partial charge in [-0.25, -0.2) is 0 Å². The molecule has 0 spiro atoms. The molecule has 1 aromatic heterocycles. The van der Waals surface area contributed by atoms with Gasteiger partial charge < -0.3 is 10.2 Å². The second kappa shape index (κ2) is 12.7. The van der Waals surface area contributed by atoms with Crippen molar-refractivity contribution in [3.8, 4) is 17.9 Å². The summed E-state index contributed by atoms with van der Waals surface area (Å²) in [6.07, 6.45) is 0.276. The van der Waals surface area contributed by atoms with Crippen molar-refractivity contribution in [2.24, 2.45) is 17.8 Å². The molecule has 2 N–H and O–H groups in total. The Kier molecular flexibility index (Phi) is 8.40. The molecule has 7 rings (SSSR count). The molecule has 3 aromatic rings. The maximum Gasteiger partial charge on any atom is 0.417 e. The first-order valence-electron chi connectivity index (χ1n) is 16.7. The number of hydrogen-bond acceptors (Lipinski definition) is 8. The maximum absolute atomic E-state index is 13.4. The summed E-state index contributed by atoms with van der Waals surface area (Å²) in [6.45, 7) is 4.67. The van der Waals surface area contributed by atoms with E-state index in [4.69, 9.17) is 5.26 Å². The van der Waals surface area contributed by atoms with E-state index in [1.54, 1.807) is 32.2 Å². The van der Waals surface area contributed by atoms with Crippen LogP contribution in [0.25, 0.3) is 0 Å². The van der Waals surface area contributed by atoms with Gasteiger partial charge in [-0.15, -0.1) is 0 Å². The van der Waals surface area contributed by atoms with E-state index >= 15 is 0 Å². The van der Waals surface area contributed by atoms with Gasteiger partial charge in [-0.3, -0.25) is 38.9 Å². The zero-order chi connectivity index (χ0) is 37.1. The van der Waals surface area contributed by atoms with Gasteiger partial charge in [0.05, 0.1) is 40.1 Å². The number of carbonyl (C=O) groups is 5. The van der Waals surface area contributed by atoms with Gasteiger partial charge in [0.2, 0.25) is 11.8 Å². The van der Waals surface area contributed by atoms with Crippen molar-refractivity contribution in [1.82, 2.24) is 20.0 Å². The lowest BCUT2D eigenvalue weighted by atomic mass is 10.0. The van der Waals surface area contributed by atoms with Crippen LogP contribution in [0.3, 0.4) is 0 Å². The van der Waals surface area contributed by atoms with E-state index in [-0.39, 0.29) is 35.6 Å². The van der Waals surface area contributed by atoms with Crippen LogP contribution in [-0.4, -0.2) is 63.3 Å². The Balaban J connectivity index is 0.961. The van der Waals surface area contributed by atoms with Gasteiger partial charge in [-0.05, 0) is 81.3 Å². The summed E-state index contributed by atoms with van der Waals surface area (Å²) < 4.78 is 41.6. The van der Waals surface area contributed by atoms with Crippen LogP contribution in [0.15, 0.2) is 48.8 Å². The maximum atomic E-state index is 13.4. The minimum Gasteiger partial charge on any atom is -0.371 e. The lowest BCUT2D eigenvalue weighted by Gasteiger charge is -2.27. The molecule has 12 nitrogen and oxygen atoms in total. The third kappa shape index (κ3) is 6.16. The summed E-state index contributed by atoms with van der Waals surface area (Å²) in [5.41, 5.74) is -1.16. The Hall–Kier alpha value is -5.96. The Morgan fingerprint density at radius 3 is 2.38 bits per heavy atom. The van der Waals surface area contributed by atoms with Gasteiger partial charge in [0.25, 0.3) is 17.7 Å². The number of benzene rings is 2. The minimum absolute atomic E-state index is 0.0550. The highest BCUT2D eigenvalue weighted by atomic mass is 19.4. The predicted octanol–water partition coefficient (Wildman–Crippen LogP) is 4.06. The van der Waals surface area contributed by atoms with Crippen LogP contribution >= 0.6 is 0 Å². The van der Waals surface area contributed by atoms with Crippen LogP contribution in [0.1, 0.15) is 76.9 Å². The van der Waals surface area contributed by atoms with E-state index in [0.717, 1.165) is 48.7 Å².